The van der Waals surface area contributed by atoms with Gasteiger partial charge in [0.1, 0.15) is 17.2 Å². The van der Waals surface area contributed by atoms with E-state index in [1.807, 2.05) is 50.2 Å². The smallest absolute Gasteiger partial charge is 0.118 e. The van der Waals surface area contributed by atoms with Crippen LogP contribution in [0.3, 0.4) is 0 Å². The van der Waals surface area contributed by atoms with Crippen LogP contribution in [-0.2, 0) is 5.41 Å². The fourth-order valence-electron chi connectivity index (χ4n) is 4.08. The van der Waals surface area contributed by atoms with Crippen molar-refractivity contribution in [3.8, 4) is 28.4 Å². The SMILES string of the molecule is Cc1cc(C(C)(c2ccc(-c3ccc(O)cc3)cc2)c2ccc(O)c(C)c2)ccc1O. The van der Waals surface area contributed by atoms with E-state index >= 15 is 0 Å². The lowest BCUT2D eigenvalue weighted by atomic mass is 9.70. The monoisotopic (exact) mass is 410 g/mol. The molecule has 0 unspecified atom stereocenters. The fraction of sp³-hybridized carbons (Fsp3) is 0.143. The number of phenolic OH excluding ortho intramolecular Hbond substituents is 3. The molecule has 0 saturated carbocycles. The third-order valence-corrected chi connectivity index (χ3v) is 6.21. The molecule has 0 aliphatic carbocycles. The van der Waals surface area contributed by atoms with Gasteiger partial charge < -0.3 is 15.3 Å². The van der Waals surface area contributed by atoms with E-state index in [4.69, 9.17) is 0 Å². The van der Waals surface area contributed by atoms with Crippen molar-refractivity contribution in [1.29, 1.82) is 0 Å². The lowest BCUT2D eigenvalue weighted by molar-refractivity contribution is 0.470. The molecular formula is C28H26O3. The maximum Gasteiger partial charge on any atom is 0.118 e. The van der Waals surface area contributed by atoms with Crippen molar-refractivity contribution in [3.05, 3.63) is 113 Å². The number of phenols is 3. The molecule has 0 radical (unpaired) electrons. The summed E-state index contributed by atoms with van der Waals surface area (Å²) in [7, 11) is 0. The van der Waals surface area contributed by atoms with Crippen LogP contribution in [0.15, 0.2) is 84.9 Å². The van der Waals surface area contributed by atoms with Gasteiger partial charge in [-0.25, -0.2) is 0 Å². The molecule has 31 heavy (non-hydrogen) atoms. The zero-order valence-electron chi connectivity index (χ0n) is 17.9. The summed E-state index contributed by atoms with van der Waals surface area (Å²) in [5.41, 5.74) is 6.48. The Bertz CT molecular complexity index is 1170. The third-order valence-electron chi connectivity index (χ3n) is 6.21. The van der Waals surface area contributed by atoms with Crippen molar-refractivity contribution in [2.24, 2.45) is 0 Å². The van der Waals surface area contributed by atoms with Crippen molar-refractivity contribution in [2.45, 2.75) is 26.2 Å². The van der Waals surface area contributed by atoms with Gasteiger partial charge in [-0.15, -0.1) is 0 Å². The van der Waals surface area contributed by atoms with Crippen LogP contribution in [0.25, 0.3) is 11.1 Å². The van der Waals surface area contributed by atoms with Crippen molar-refractivity contribution >= 4 is 0 Å². The summed E-state index contributed by atoms with van der Waals surface area (Å²) in [6, 6.07) is 27.0. The predicted octanol–water partition coefficient (Wildman–Crippen LogP) is 6.44. The molecule has 4 aromatic rings. The molecule has 0 spiro atoms. The van der Waals surface area contributed by atoms with Crippen LogP contribution in [0.1, 0.15) is 34.7 Å². The average Bonchev–Trinajstić information content (AvgIpc) is 2.77. The van der Waals surface area contributed by atoms with Crippen LogP contribution in [0, 0.1) is 13.8 Å². The first-order valence-corrected chi connectivity index (χ1v) is 10.3. The molecule has 0 bridgehead atoms. The zero-order chi connectivity index (χ0) is 22.2. The summed E-state index contributed by atoms with van der Waals surface area (Å²) >= 11 is 0. The number of benzene rings is 4. The normalized spacial score (nSPS) is 11.5. The van der Waals surface area contributed by atoms with Gasteiger partial charge in [0.05, 0.1) is 0 Å². The topological polar surface area (TPSA) is 60.7 Å². The minimum absolute atomic E-state index is 0.248. The molecule has 0 heterocycles. The largest absolute Gasteiger partial charge is 0.508 e. The minimum Gasteiger partial charge on any atom is -0.508 e. The summed E-state index contributed by atoms with van der Waals surface area (Å²) in [5.74, 6) is 0.796. The summed E-state index contributed by atoms with van der Waals surface area (Å²) < 4.78 is 0. The Morgan fingerprint density at radius 3 is 1.32 bits per heavy atom. The first-order chi connectivity index (χ1) is 14.8. The van der Waals surface area contributed by atoms with E-state index in [1.165, 1.54) is 0 Å². The van der Waals surface area contributed by atoms with E-state index in [-0.39, 0.29) is 17.2 Å². The number of aryl methyl sites for hydroxylation is 2. The second kappa shape index (κ2) is 7.84. The van der Waals surface area contributed by atoms with Gasteiger partial charge in [0, 0.05) is 5.41 Å². The highest BCUT2D eigenvalue weighted by Gasteiger charge is 2.32. The minimum atomic E-state index is -0.482. The number of aromatic hydroxyl groups is 3. The number of rotatable bonds is 4. The summed E-state index contributed by atoms with van der Waals surface area (Å²) in [4.78, 5) is 0. The quantitative estimate of drug-likeness (QED) is 0.339. The standard InChI is InChI=1S/C28H26O3/c1-18-16-23(10-14-26(18)30)28(3,24-11-15-27(31)19(2)17-24)22-8-4-20(5-9-22)21-6-12-25(29)13-7-21/h4-17,29-31H,1-3H3. The lowest BCUT2D eigenvalue weighted by Gasteiger charge is -2.33. The molecule has 3 nitrogen and oxygen atoms in total. The molecule has 0 aliphatic rings. The summed E-state index contributed by atoms with van der Waals surface area (Å²) in [5, 5.41) is 29.7. The molecule has 0 saturated heterocycles. The molecule has 0 fully saturated rings. The predicted molar refractivity (Wildman–Crippen MR) is 125 cm³/mol. The number of hydrogen-bond donors (Lipinski definition) is 3. The van der Waals surface area contributed by atoms with Crippen molar-refractivity contribution in [3.63, 3.8) is 0 Å². The van der Waals surface area contributed by atoms with E-state index in [0.29, 0.717) is 0 Å². The highest BCUT2D eigenvalue weighted by molar-refractivity contribution is 5.65. The Morgan fingerprint density at radius 1 is 0.516 bits per heavy atom. The van der Waals surface area contributed by atoms with Crippen molar-refractivity contribution < 1.29 is 15.3 Å². The molecule has 3 heteroatoms. The first kappa shape index (κ1) is 20.5. The van der Waals surface area contributed by atoms with Gasteiger partial charge in [0.2, 0.25) is 0 Å². The highest BCUT2D eigenvalue weighted by Crippen LogP contribution is 2.41. The van der Waals surface area contributed by atoms with E-state index in [1.54, 1.807) is 24.3 Å². The third kappa shape index (κ3) is 3.75. The van der Waals surface area contributed by atoms with Crippen LogP contribution >= 0.6 is 0 Å². The van der Waals surface area contributed by atoms with Gasteiger partial charge >= 0.3 is 0 Å². The second-order valence-corrected chi connectivity index (χ2v) is 8.25. The molecule has 4 rings (SSSR count). The van der Waals surface area contributed by atoms with Crippen LogP contribution in [0.2, 0.25) is 0 Å². The van der Waals surface area contributed by atoms with Gasteiger partial charge in [-0.05, 0) is 84.0 Å². The Hall–Kier alpha value is -3.72. The van der Waals surface area contributed by atoms with Gasteiger partial charge in [-0.2, -0.15) is 0 Å². The highest BCUT2D eigenvalue weighted by atomic mass is 16.3. The van der Waals surface area contributed by atoms with Crippen molar-refractivity contribution in [1.82, 2.24) is 0 Å². The Labute approximate surface area is 182 Å². The van der Waals surface area contributed by atoms with Gasteiger partial charge in [-0.1, -0.05) is 60.7 Å². The van der Waals surface area contributed by atoms with Crippen LogP contribution in [-0.4, -0.2) is 15.3 Å². The van der Waals surface area contributed by atoms with Gasteiger partial charge in [0.25, 0.3) is 0 Å². The molecular weight excluding hydrogens is 384 g/mol. The van der Waals surface area contributed by atoms with E-state index in [0.717, 1.165) is 38.9 Å². The van der Waals surface area contributed by atoms with E-state index in [9.17, 15) is 15.3 Å². The van der Waals surface area contributed by atoms with Crippen LogP contribution in [0.5, 0.6) is 17.2 Å². The maximum absolute atomic E-state index is 10.1. The van der Waals surface area contributed by atoms with Crippen LogP contribution in [0.4, 0.5) is 0 Å². The number of hydrogen-bond acceptors (Lipinski definition) is 3. The molecule has 0 atom stereocenters. The summed E-state index contributed by atoms with van der Waals surface area (Å²) in [6.45, 7) is 5.96. The fourth-order valence-corrected chi connectivity index (χ4v) is 4.08. The van der Waals surface area contributed by atoms with E-state index < -0.39 is 5.41 Å². The van der Waals surface area contributed by atoms with Crippen molar-refractivity contribution in [2.75, 3.05) is 0 Å². The molecule has 0 aromatic heterocycles. The van der Waals surface area contributed by atoms with E-state index in [2.05, 4.69) is 31.2 Å². The maximum atomic E-state index is 10.1. The Kier molecular flexibility index (Phi) is 5.20. The molecule has 3 N–H and O–H groups in total. The zero-order valence-corrected chi connectivity index (χ0v) is 17.9. The lowest BCUT2D eigenvalue weighted by Crippen LogP contribution is -2.25. The second-order valence-electron chi connectivity index (χ2n) is 8.25. The Balaban J connectivity index is 1.86. The molecule has 0 amide bonds. The molecule has 4 aromatic carbocycles. The van der Waals surface area contributed by atoms with Gasteiger partial charge in [0.15, 0.2) is 0 Å². The van der Waals surface area contributed by atoms with Gasteiger partial charge in [-0.3, -0.25) is 0 Å². The average molecular weight is 411 g/mol. The first-order valence-electron chi connectivity index (χ1n) is 10.3. The Morgan fingerprint density at radius 2 is 0.903 bits per heavy atom. The summed E-state index contributed by atoms with van der Waals surface area (Å²) in [6.07, 6.45) is 0. The molecule has 156 valence electrons. The van der Waals surface area contributed by atoms with Crippen LogP contribution < -0.4 is 0 Å². The molecule has 0 aliphatic heterocycles.